The number of hydrogen-bond acceptors (Lipinski definition) is 1. The van der Waals surface area contributed by atoms with Crippen molar-refractivity contribution in [2.45, 2.75) is 0 Å². The van der Waals surface area contributed by atoms with Gasteiger partial charge in [0.25, 0.3) is 0 Å². The van der Waals surface area contributed by atoms with Crippen LogP contribution in [0.25, 0.3) is 0 Å². The topological polar surface area (TPSA) is 17.1 Å². The van der Waals surface area contributed by atoms with E-state index in [1.807, 2.05) is 6.07 Å². The van der Waals surface area contributed by atoms with Crippen LogP contribution in [0.2, 0.25) is 0 Å². The summed E-state index contributed by atoms with van der Waals surface area (Å²) in [6.07, 6.45) is 0. The van der Waals surface area contributed by atoms with Gasteiger partial charge < -0.3 is 4.79 Å². The van der Waals surface area contributed by atoms with E-state index >= 15 is 0 Å². The molecule has 0 aromatic heterocycles. The first-order chi connectivity index (χ1) is 4.72. The van der Waals surface area contributed by atoms with Crippen molar-refractivity contribution in [1.29, 1.82) is 0 Å². The van der Waals surface area contributed by atoms with Crippen molar-refractivity contribution in [2.75, 3.05) is 0 Å². The molecule has 0 heterocycles. The standard InChI is InChI=1S/C9H8O.W.Y/c1-7-5-3-4-6-9(7)8(2)10;;/h3-6H,1-2H2;;/q-2;;. The molecule has 0 atom stereocenters. The smallest absolute Gasteiger partial charge is 0.0464 e. The maximum Gasteiger partial charge on any atom is 0.0464 e. The van der Waals surface area contributed by atoms with Gasteiger partial charge in [-0.2, -0.15) is 25.5 Å². The van der Waals surface area contributed by atoms with Gasteiger partial charge in [0, 0.05) is 59.6 Å². The Hall–Kier alpha value is 0.422. The molecule has 0 saturated heterocycles. The minimum absolute atomic E-state index is 0. The number of rotatable bonds is 1. The monoisotopic (exact) mass is 405 g/mol. The zero-order valence-corrected chi connectivity index (χ0v) is 12.4. The molecule has 3 heteroatoms. The van der Waals surface area contributed by atoms with Gasteiger partial charge in [0.1, 0.15) is 0 Å². The third-order valence-electron chi connectivity index (χ3n) is 1.32. The van der Waals surface area contributed by atoms with Crippen LogP contribution >= 0.6 is 0 Å². The van der Waals surface area contributed by atoms with E-state index in [1.165, 1.54) is 0 Å². The summed E-state index contributed by atoms with van der Waals surface area (Å²) in [5.74, 6) is -0.175. The molecule has 0 spiro atoms. The van der Waals surface area contributed by atoms with Gasteiger partial charge >= 0.3 is 0 Å². The zero-order valence-electron chi connectivity index (χ0n) is 6.62. The fourth-order valence-corrected chi connectivity index (χ4v) is 0.792. The van der Waals surface area contributed by atoms with E-state index in [0.29, 0.717) is 5.56 Å². The molecular formula is C9H8OWY-2. The number of carbonyl (C=O) groups excluding carboxylic acids is 1. The number of Topliss-reactive ketones (excluding diaryl/α,β-unsaturated/α-hetero) is 1. The first-order valence-electron chi connectivity index (χ1n) is 2.99. The van der Waals surface area contributed by atoms with Crippen molar-refractivity contribution < 1.29 is 58.6 Å². The molecular weight excluding hydrogens is 397 g/mol. The summed E-state index contributed by atoms with van der Waals surface area (Å²) >= 11 is 0. The minimum Gasteiger partial charge on any atom is -0.325 e. The van der Waals surface area contributed by atoms with E-state index in [2.05, 4.69) is 13.8 Å². The first kappa shape index (κ1) is 14.9. The summed E-state index contributed by atoms with van der Waals surface area (Å²) in [6.45, 7) is 6.97. The molecule has 1 rings (SSSR count). The van der Waals surface area contributed by atoms with Gasteiger partial charge in [-0.1, -0.05) is 11.6 Å². The second-order valence-corrected chi connectivity index (χ2v) is 2.08. The number of ketones is 1. The average molecular weight is 405 g/mol. The van der Waals surface area contributed by atoms with Crippen molar-refractivity contribution in [2.24, 2.45) is 0 Å². The van der Waals surface area contributed by atoms with Gasteiger partial charge in [0.2, 0.25) is 0 Å². The third-order valence-corrected chi connectivity index (χ3v) is 1.32. The van der Waals surface area contributed by atoms with Gasteiger partial charge in [-0.15, -0.1) is 12.1 Å². The minimum atomic E-state index is -0.175. The van der Waals surface area contributed by atoms with E-state index in [4.69, 9.17) is 0 Å². The Morgan fingerprint density at radius 3 is 2.08 bits per heavy atom. The van der Waals surface area contributed by atoms with Crippen LogP contribution in [0.5, 0.6) is 0 Å². The SMILES string of the molecule is [CH2-]C(=O)c1ccccc1[CH2-].[W].[Y]. The van der Waals surface area contributed by atoms with Crippen LogP contribution in [-0.4, -0.2) is 5.78 Å². The van der Waals surface area contributed by atoms with Crippen LogP contribution in [0, 0.1) is 13.8 Å². The van der Waals surface area contributed by atoms with E-state index in [9.17, 15) is 4.79 Å². The molecule has 0 amide bonds. The van der Waals surface area contributed by atoms with E-state index < -0.39 is 0 Å². The quantitative estimate of drug-likeness (QED) is 0.516. The Bertz CT molecular complexity index is 260. The summed E-state index contributed by atoms with van der Waals surface area (Å²) in [7, 11) is 0. The average Bonchev–Trinajstić information content (AvgIpc) is 1.88. The van der Waals surface area contributed by atoms with Crippen LogP contribution in [0.4, 0.5) is 0 Å². The van der Waals surface area contributed by atoms with Crippen LogP contribution < -0.4 is 0 Å². The van der Waals surface area contributed by atoms with E-state index in [1.54, 1.807) is 18.2 Å². The van der Waals surface area contributed by atoms with Crippen LogP contribution in [-0.2, 0) is 53.8 Å². The number of carbonyl (C=O) groups is 1. The molecule has 61 valence electrons. The van der Waals surface area contributed by atoms with Crippen molar-refractivity contribution >= 4 is 5.78 Å². The Morgan fingerprint density at radius 2 is 1.75 bits per heavy atom. The molecule has 0 aliphatic heterocycles. The van der Waals surface area contributed by atoms with Gasteiger partial charge in [0.15, 0.2) is 0 Å². The number of hydrogen-bond donors (Lipinski definition) is 0. The summed E-state index contributed by atoms with van der Waals surface area (Å²) in [4.78, 5) is 10.7. The fraction of sp³-hybridized carbons (Fsp3) is 0. The summed E-state index contributed by atoms with van der Waals surface area (Å²) in [6, 6.07) is 7.15. The van der Waals surface area contributed by atoms with Gasteiger partial charge in [-0.25, -0.2) is 0 Å². The largest absolute Gasteiger partial charge is 0.325 e. The van der Waals surface area contributed by atoms with E-state index in [-0.39, 0.29) is 59.6 Å². The fourth-order valence-electron chi connectivity index (χ4n) is 0.792. The molecule has 1 radical (unpaired) electrons. The molecule has 0 saturated carbocycles. The molecule has 0 fully saturated rings. The molecule has 1 aromatic carbocycles. The van der Waals surface area contributed by atoms with Gasteiger partial charge in [0.05, 0.1) is 0 Å². The molecule has 1 nitrogen and oxygen atoms in total. The Labute approximate surface area is 112 Å². The first-order valence-corrected chi connectivity index (χ1v) is 2.99. The maximum atomic E-state index is 10.7. The molecule has 1 aromatic rings. The van der Waals surface area contributed by atoms with Crippen molar-refractivity contribution in [3.05, 3.63) is 49.2 Å². The van der Waals surface area contributed by atoms with Crippen molar-refractivity contribution in [3.63, 3.8) is 0 Å². The van der Waals surface area contributed by atoms with Gasteiger partial charge in [-0.05, 0) is 0 Å². The molecule has 0 bridgehead atoms. The Morgan fingerprint density at radius 1 is 1.25 bits per heavy atom. The molecule has 0 N–H and O–H groups in total. The van der Waals surface area contributed by atoms with Crippen LogP contribution in [0.15, 0.2) is 24.3 Å². The predicted molar refractivity (Wildman–Crippen MR) is 40.6 cm³/mol. The predicted octanol–water partition coefficient (Wildman–Crippen LogP) is 1.88. The summed E-state index contributed by atoms with van der Waals surface area (Å²) < 4.78 is 0. The summed E-state index contributed by atoms with van der Waals surface area (Å²) in [5.41, 5.74) is 1.34. The molecule has 0 aliphatic rings. The van der Waals surface area contributed by atoms with E-state index in [0.717, 1.165) is 5.56 Å². The number of benzene rings is 1. The second kappa shape index (κ2) is 6.89. The van der Waals surface area contributed by atoms with Crippen LogP contribution in [0.1, 0.15) is 15.9 Å². The molecule has 0 aliphatic carbocycles. The third kappa shape index (κ3) is 3.89. The van der Waals surface area contributed by atoms with Crippen molar-refractivity contribution in [1.82, 2.24) is 0 Å². The summed E-state index contributed by atoms with van der Waals surface area (Å²) in [5, 5.41) is 0. The van der Waals surface area contributed by atoms with Gasteiger partial charge in [-0.3, -0.25) is 0 Å². The zero-order chi connectivity index (χ0) is 7.56. The van der Waals surface area contributed by atoms with Crippen LogP contribution in [0.3, 0.4) is 0 Å². The molecule has 12 heavy (non-hydrogen) atoms. The maximum absolute atomic E-state index is 10.7. The van der Waals surface area contributed by atoms with Crippen molar-refractivity contribution in [3.8, 4) is 0 Å². The second-order valence-electron chi connectivity index (χ2n) is 2.08. The molecule has 0 unspecified atom stereocenters. The normalized spacial score (nSPS) is 7.67. The Balaban J connectivity index is 0. The Kier molecular flexibility index (Phi) is 8.56.